The number of carboxylic acids is 1. The summed E-state index contributed by atoms with van der Waals surface area (Å²) >= 11 is 6.06. The third-order valence-corrected chi connectivity index (χ3v) is 7.98. The molecule has 0 aliphatic heterocycles. The highest BCUT2D eigenvalue weighted by atomic mass is 32.1. The first kappa shape index (κ1) is 25.3. The van der Waals surface area contributed by atoms with Gasteiger partial charge in [0.2, 0.25) is 11.8 Å². The van der Waals surface area contributed by atoms with Crippen LogP contribution >= 0.6 is 24.0 Å². The summed E-state index contributed by atoms with van der Waals surface area (Å²) in [6.45, 7) is 3.94. The third-order valence-electron chi connectivity index (χ3n) is 6.56. The number of hydrogen-bond acceptors (Lipinski definition) is 5. The van der Waals surface area contributed by atoms with Gasteiger partial charge in [0.1, 0.15) is 11.6 Å². The molecule has 0 bridgehead atoms. The Balaban J connectivity index is 1.70. The van der Waals surface area contributed by atoms with Crippen LogP contribution in [0.2, 0.25) is 0 Å². The van der Waals surface area contributed by atoms with E-state index in [1.807, 2.05) is 49.6 Å². The first-order valence-corrected chi connectivity index (χ1v) is 12.9. The minimum atomic E-state index is -1.10. The molecule has 0 spiro atoms. The molecule has 3 atom stereocenters. The van der Waals surface area contributed by atoms with Crippen LogP contribution in [0.15, 0.2) is 41.1 Å². The van der Waals surface area contributed by atoms with Gasteiger partial charge >= 0.3 is 5.97 Å². The molecular weight excluding hydrogens is 456 g/mol. The van der Waals surface area contributed by atoms with Crippen molar-refractivity contribution < 1.29 is 19.5 Å². The molecule has 3 N–H and O–H groups in total. The fourth-order valence-electron chi connectivity index (χ4n) is 4.17. The Labute approximate surface area is 204 Å². The summed E-state index contributed by atoms with van der Waals surface area (Å²) in [5.41, 5.74) is 1.92. The van der Waals surface area contributed by atoms with Crippen LogP contribution in [0.1, 0.15) is 51.5 Å². The monoisotopic (exact) mass is 488 g/mol. The van der Waals surface area contributed by atoms with Gasteiger partial charge in [0.15, 0.2) is 0 Å². The number of aliphatic carboxylic acids is 1. The van der Waals surface area contributed by atoms with Crippen LogP contribution in [0.25, 0.3) is 11.1 Å². The lowest BCUT2D eigenvalue weighted by Gasteiger charge is -2.32. The van der Waals surface area contributed by atoms with Gasteiger partial charge in [-0.05, 0) is 52.3 Å². The number of carbonyl (C=O) groups is 3. The van der Waals surface area contributed by atoms with E-state index in [0.29, 0.717) is 12.8 Å². The smallest absolute Gasteiger partial charge is 0.326 e. The maximum absolute atomic E-state index is 13.3. The Kier molecular flexibility index (Phi) is 8.59. The van der Waals surface area contributed by atoms with E-state index in [1.165, 1.54) is 0 Å². The number of carboxylic acid groups (broad SMARTS) is 1. The number of thiophene rings is 1. The molecule has 178 valence electrons. The van der Waals surface area contributed by atoms with Crippen LogP contribution in [0.5, 0.6) is 0 Å². The molecule has 1 unspecified atom stereocenters. The quantitative estimate of drug-likeness (QED) is 0.375. The second-order valence-electron chi connectivity index (χ2n) is 8.89. The Hall–Kier alpha value is -2.32. The second kappa shape index (κ2) is 11.2. The number of hydrogen-bond donors (Lipinski definition) is 4. The zero-order valence-electron chi connectivity index (χ0n) is 19.0. The zero-order valence-corrected chi connectivity index (χ0v) is 20.8. The highest BCUT2D eigenvalue weighted by Crippen LogP contribution is 2.31. The van der Waals surface area contributed by atoms with Gasteiger partial charge in [0.25, 0.3) is 0 Å². The van der Waals surface area contributed by atoms with Gasteiger partial charge in [-0.15, -0.1) is 0 Å². The molecule has 0 saturated heterocycles. The lowest BCUT2D eigenvalue weighted by atomic mass is 9.93. The number of carbonyl (C=O) groups excluding carboxylic acids is 2. The predicted molar refractivity (Wildman–Crippen MR) is 135 cm³/mol. The summed E-state index contributed by atoms with van der Waals surface area (Å²) in [7, 11) is 0. The molecule has 2 amide bonds. The first-order valence-electron chi connectivity index (χ1n) is 11.4. The Bertz CT molecular complexity index is 953. The Morgan fingerprint density at radius 2 is 1.79 bits per heavy atom. The highest BCUT2D eigenvalue weighted by Gasteiger charge is 2.44. The van der Waals surface area contributed by atoms with Crippen molar-refractivity contribution >= 4 is 41.7 Å². The number of thiol groups is 1. The predicted octanol–water partition coefficient (Wildman–Crippen LogP) is 4.30. The molecule has 8 heteroatoms. The molecule has 1 aliphatic carbocycles. The molecule has 1 aromatic carbocycles. The summed E-state index contributed by atoms with van der Waals surface area (Å²) in [6, 6.07) is 8.64. The van der Waals surface area contributed by atoms with Crippen LogP contribution in [0.4, 0.5) is 0 Å². The lowest BCUT2D eigenvalue weighted by molar-refractivity contribution is -0.143. The topological polar surface area (TPSA) is 95.5 Å². The Morgan fingerprint density at radius 1 is 1.12 bits per heavy atom. The van der Waals surface area contributed by atoms with Gasteiger partial charge in [-0.1, -0.05) is 57.4 Å². The summed E-state index contributed by atoms with van der Waals surface area (Å²) in [4.78, 5) is 38.0. The van der Waals surface area contributed by atoms with Crippen LogP contribution < -0.4 is 10.6 Å². The van der Waals surface area contributed by atoms with Crippen LogP contribution in [-0.4, -0.2) is 39.7 Å². The fraction of sp³-hybridized carbons (Fsp3) is 0.480. The van der Waals surface area contributed by atoms with Crippen molar-refractivity contribution in [1.29, 1.82) is 0 Å². The normalized spacial score (nSPS) is 17.7. The van der Waals surface area contributed by atoms with Crippen molar-refractivity contribution in [3.05, 3.63) is 46.7 Å². The molecule has 1 aliphatic rings. The van der Waals surface area contributed by atoms with Crippen molar-refractivity contribution in [2.75, 3.05) is 0 Å². The number of amides is 2. The van der Waals surface area contributed by atoms with E-state index in [0.717, 1.165) is 36.0 Å². The van der Waals surface area contributed by atoms with Crippen LogP contribution in [0, 0.1) is 5.92 Å². The molecule has 1 fully saturated rings. The van der Waals surface area contributed by atoms with E-state index in [1.54, 1.807) is 11.3 Å². The highest BCUT2D eigenvalue weighted by molar-refractivity contribution is 7.81. The van der Waals surface area contributed by atoms with E-state index in [4.69, 9.17) is 0 Å². The third kappa shape index (κ3) is 6.18. The second-order valence-corrected chi connectivity index (χ2v) is 10.2. The van der Waals surface area contributed by atoms with E-state index in [-0.39, 0.29) is 18.2 Å². The molecule has 6 nitrogen and oxygen atoms in total. The number of nitrogens with one attached hydrogen (secondary N) is 2. The molecule has 0 radical (unpaired) electrons. The van der Waals surface area contributed by atoms with Crippen molar-refractivity contribution in [3.63, 3.8) is 0 Å². The maximum atomic E-state index is 13.3. The lowest BCUT2D eigenvalue weighted by Crippen LogP contribution is -2.61. The zero-order chi connectivity index (χ0) is 24.0. The standard InChI is InChI=1S/C25H32N2O4S2/c1-3-16(2)21(32)22(28)27-25(11-4-5-12-25)24(31)26-20(23(29)30)14-17-6-8-18(9-7-17)19-10-13-33-15-19/h6-10,13,15-16,20-21,32H,3-5,11-12,14H2,1-2H3,(H,26,31)(H,27,28)(H,29,30)/t16-,20-,21?/m0/s1. The van der Waals surface area contributed by atoms with Crippen molar-refractivity contribution in [1.82, 2.24) is 10.6 Å². The van der Waals surface area contributed by atoms with Gasteiger partial charge in [0, 0.05) is 6.42 Å². The van der Waals surface area contributed by atoms with E-state index < -0.39 is 28.7 Å². The van der Waals surface area contributed by atoms with E-state index in [2.05, 4.69) is 28.6 Å². The maximum Gasteiger partial charge on any atom is 0.326 e. The summed E-state index contributed by atoms with van der Waals surface area (Å²) in [5, 5.41) is 18.9. The molecule has 33 heavy (non-hydrogen) atoms. The van der Waals surface area contributed by atoms with Gasteiger partial charge in [-0.3, -0.25) is 9.59 Å². The van der Waals surface area contributed by atoms with E-state index >= 15 is 0 Å². The molecule has 1 heterocycles. The van der Waals surface area contributed by atoms with Gasteiger partial charge < -0.3 is 15.7 Å². The Morgan fingerprint density at radius 3 is 2.33 bits per heavy atom. The number of benzene rings is 1. The van der Waals surface area contributed by atoms with Crippen LogP contribution in [-0.2, 0) is 20.8 Å². The molecule has 1 saturated carbocycles. The van der Waals surface area contributed by atoms with Crippen molar-refractivity contribution in [3.8, 4) is 11.1 Å². The van der Waals surface area contributed by atoms with Gasteiger partial charge in [-0.25, -0.2) is 4.79 Å². The molecule has 2 aromatic rings. The van der Waals surface area contributed by atoms with Crippen LogP contribution in [0.3, 0.4) is 0 Å². The molecular formula is C25H32N2O4S2. The number of rotatable bonds is 10. The van der Waals surface area contributed by atoms with Crippen molar-refractivity contribution in [2.45, 2.75) is 69.2 Å². The minimum absolute atomic E-state index is 0.0682. The SMILES string of the molecule is CC[C@H](C)C(S)C(=O)NC1(C(=O)N[C@@H](Cc2ccc(-c3ccsc3)cc2)C(=O)O)CCCC1. The summed E-state index contributed by atoms with van der Waals surface area (Å²) in [5.74, 6) is -1.74. The molecule has 1 aromatic heterocycles. The average molecular weight is 489 g/mol. The van der Waals surface area contributed by atoms with Crippen molar-refractivity contribution in [2.24, 2.45) is 5.92 Å². The summed E-state index contributed by atoms with van der Waals surface area (Å²) < 4.78 is 0. The fourth-order valence-corrected chi connectivity index (χ4v) is 5.11. The molecule has 3 rings (SSSR count). The van der Waals surface area contributed by atoms with Gasteiger partial charge in [-0.2, -0.15) is 24.0 Å². The van der Waals surface area contributed by atoms with E-state index in [9.17, 15) is 19.5 Å². The average Bonchev–Trinajstić information content (AvgIpc) is 3.51. The first-order chi connectivity index (χ1) is 15.8. The largest absolute Gasteiger partial charge is 0.480 e. The minimum Gasteiger partial charge on any atom is -0.480 e. The van der Waals surface area contributed by atoms with Gasteiger partial charge in [0.05, 0.1) is 5.25 Å². The summed E-state index contributed by atoms with van der Waals surface area (Å²) in [6.07, 6.45) is 3.55.